The molecule has 64 heavy (non-hydrogen) atoms. The third-order valence-electron chi connectivity index (χ3n) is 13.4. The van der Waals surface area contributed by atoms with Crippen LogP contribution in [0.5, 0.6) is 5.75 Å². The van der Waals surface area contributed by atoms with E-state index in [1.807, 2.05) is 114 Å². The first-order chi connectivity index (χ1) is 31.3. The average molecular weight is 856 g/mol. The van der Waals surface area contributed by atoms with Crippen molar-refractivity contribution in [2.75, 3.05) is 18.5 Å². The molecule has 5 N–H and O–H groups in total. The summed E-state index contributed by atoms with van der Waals surface area (Å²) in [5.41, 5.74) is 2.48. The molecule has 1 aliphatic carbocycles. The largest absolute Gasteiger partial charge is 0.491 e. The highest BCUT2D eigenvalue weighted by Gasteiger charge is 2.74. The lowest BCUT2D eigenvalue weighted by atomic mass is 9.65. The summed E-state index contributed by atoms with van der Waals surface area (Å²) in [6, 6.07) is 36.7. The van der Waals surface area contributed by atoms with E-state index in [9.17, 15) is 10.2 Å². The van der Waals surface area contributed by atoms with Crippen LogP contribution in [0, 0.1) is 17.8 Å². The highest BCUT2D eigenvalue weighted by molar-refractivity contribution is 6.12. The van der Waals surface area contributed by atoms with Crippen molar-refractivity contribution in [1.29, 1.82) is 0 Å². The van der Waals surface area contributed by atoms with Gasteiger partial charge in [0.15, 0.2) is 0 Å². The third-order valence-corrected chi connectivity index (χ3v) is 13.4. The molecule has 0 unspecified atom stereocenters. The number of para-hydroxylation sites is 2. The van der Waals surface area contributed by atoms with E-state index in [2.05, 4.69) is 27.5 Å². The molecule has 5 aromatic carbocycles. The summed E-state index contributed by atoms with van der Waals surface area (Å²) >= 11 is 0. The second-order valence-corrected chi connectivity index (χ2v) is 17.2. The van der Waals surface area contributed by atoms with Gasteiger partial charge in [-0.05, 0) is 90.4 Å². The molecule has 1 aromatic heterocycles. The van der Waals surface area contributed by atoms with Gasteiger partial charge >= 0.3 is 5.97 Å². The zero-order valence-corrected chi connectivity index (χ0v) is 35.2. The SMILES string of the molecule is O=C1O[C@H](c2ccccc2)[C@H](c2ccccc2)N2[C@H]1[C@@H](C(=O)NCc1nc3ccccc3[nH]1)[C@]1(C(=O)Nc3ccc(C#CC4(O)CCCCCC4)cc31)[C@H]2c1ccc(OCCO)cc1. The Morgan fingerprint density at radius 1 is 0.844 bits per heavy atom. The van der Waals surface area contributed by atoms with Gasteiger partial charge in [0.1, 0.15) is 41.3 Å². The Balaban J connectivity index is 1.19. The minimum absolute atomic E-state index is 0.00323. The van der Waals surface area contributed by atoms with Crippen LogP contribution in [0.4, 0.5) is 5.69 Å². The van der Waals surface area contributed by atoms with Gasteiger partial charge in [0.25, 0.3) is 0 Å². The fourth-order valence-corrected chi connectivity index (χ4v) is 10.6. The summed E-state index contributed by atoms with van der Waals surface area (Å²) in [5.74, 6) is 4.51. The second-order valence-electron chi connectivity index (χ2n) is 17.2. The number of morpholine rings is 1. The number of hydrogen-bond donors (Lipinski definition) is 5. The van der Waals surface area contributed by atoms with Crippen LogP contribution in [0.15, 0.2) is 127 Å². The number of carbonyl (C=O) groups excluding carboxylic acids is 3. The first-order valence-electron chi connectivity index (χ1n) is 22.1. The van der Waals surface area contributed by atoms with Crippen molar-refractivity contribution in [3.8, 4) is 17.6 Å². The summed E-state index contributed by atoms with van der Waals surface area (Å²) in [6.45, 7) is -0.0877. The third kappa shape index (κ3) is 7.29. The summed E-state index contributed by atoms with van der Waals surface area (Å²) < 4.78 is 12.4. The van der Waals surface area contributed by atoms with Crippen molar-refractivity contribution in [3.63, 3.8) is 0 Å². The number of H-pyrrole nitrogens is 1. The van der Waals surface area contributed by atoms with Crippen LogP contribution in [0.1, 0.15) is 90.4 Å². The number of fused-ring (bicyclic) bond motifs is 4. The fraction of sp³-hybridized carbons (Fsp3) is 0.308. The molecule has 1 saturated carbocycles. The van der Waals surface area contributed by atoms with Crippen LogP contribution in [0.2, 0.25) is 0 Å². The standard InChI is InChI=1S/C52H49N5O7/c58-29-30-63-37-22-20-36(21-23-37)47-52(38-31-33(19-24-39(38)56-50(52)61)25-28-51(62)26-11-1-2-12-27-51)43(48(59)53-32-42-54-40-17-9-10-18-41(40)55-42)45-49(60)64-46(35-15-7-4-8-16-35)44(57(45)47)34-13-5-3-6-14-34/h3-10,13-24,31,43-47,58,62H,1-2,11-12,26-27,29-30,32H2,(H,53,59)(H,54,55)(H,56,61)/t43-,44-,45-,46+,47+,52-/m0/s1. The number of nitrogens with zero attached hydrogens (tertiary/aromatic N) is 2. The molecule has 0 bridgehead atoms. The van der Waals surface area contributed by atoms with Crippen molar-refractivity contribution in [2.45, 2.75) is 80.3 Å². The number of aliphatic hydroxyl groups is 2. The van der Waals surface area contributed by atoms with E-state index in [0.717, 1.165) is 47.8 Å². The molecule has 2 amide bonds. The Labute approximate surface area is 371 Å². The number of aromatic nitrogens is 2. The minimum Gasteiger partial charge on any atom is -0.491 e. The highest BCUT2D eigenvalue weighted by atomic mass is 16.6. The van der Waals surface area contributed by atoms with Gasteiger partial charge in [-0.2, -0.15) is 0 Å². The number of hydrogen-bond acceptors (Lipinski definition) is 9. The number of imidazole rings is 1. The van der Waals surface area contributed by atoms with Gasteiger partial charge in [-0.15, -0.1) is 0 Å². The van der Waals surface area contributed by atoms with E-state index >= 15 is 14.4 Å². The van der Waals surface area contributed by atoms with Gasteiger partial charge in [0.05, 0.1) is 42.2 Å². The number of benzene rings is 5. The Morgan fingerprint density at radius 3 is 2.27 bits per heavy atom. The maximum Gasteiger partial charge on any atom is 0.324 e. The van der Waals surface area contributed by atoms with Gasteiger partial charge in [-0.25, -0.2) is 4.98 Å². The molecule has 3 aliphatic heterocycles. The molecule has 4 aliphatic rings. The van der Waals surface area contributed by atoms with E-state index in [1.54, 1.807) is 18.2 Å². The quantitative estimate of drug-likeness (QED) is 0.0588. The zero-order chi connectivity index (χ0) is 43.8. The number of nitrogens with one attached hydrogen (secondary N) is 3. The molecule has 12 heteroatoms. The summed E-state index contributed by atoms with van der Waals surface area (Å²) in [6.07, 6.45) is 4.18. The monoisotopic (exact) mass is 855 g/mol. The van der Waals surface area contributed by atoms with E-state index in [4.69, 9.17) is 14.5 Å². The molecule has 6 aromatic rings. The fourth-order valence-electron chi connectivity index (χ4n) is 10.6. The van der Waals surface area contributed by atoms with Crippen molar-refractivity contribution in [1.82, 2.24) is 20.2 Å². The van der Waals surface area contributed by atoms with Crippen molar-refractivity contribution in [2.24, 2.45) is 5.92 Å². The zero-order valence-electron chi connectivity index (χ0n) is 35.2. The van der Waals surface area contributed by atoms with Gasteiger partial charge in [-0.1, -0.05) is 110 Å². The number of carbonyl (C=O) groups is 3. The van der Waals surface area contributed by atoms with Crippen LogP contribution in [0.3, 0.4) is 0 Å². The van der Waals surface area contributed by atoms with E-state index < -0.39 is 58.9 Å². The normalized spacial score (nSPS) is 24.8. The number of rotatable bonds is 9. The van der Waals surface area contributed by atoms with E-state index in [-0.39, 0.29) is 19.8 Å². The van der Waals surface area contributed by atoms with Crippen LogP contribution >= 0.6 is 0 Å². The van der Waals surface area contributed by atoms with Gasteiger partial charge in [0, 0.05) is 11.3 Å². The van der Waals surface area contributed by atoms with E-state index in [1.165, 1.54) is 0 Å². The second kappa shape index (κ2) is 17.1. The molecular formula is C52H49N5O7. The number of cyclic esters (lactones) is 1. The lowest BCUT2D eigenvalue weighted by Crippen LogP contribution is -2.54. The predicted octanol–water partition coefficient (Wildman–Crippen LogP) is 6.96. The van der Waals surface area contributed by atoms with Crippen molar-refractivity contribution in [3.05, 3.63) is 161 Å². The van der Waals surface area contributed by atoms with Crippen molar-refractivity contribution >= 4 is 34.5 Å². The minimum atomic E-state index is -1.74. The Morgan fingerprint density at radius 2 is 1.55 bits per heavy atom. The lowest BCUT2D eigenvalue weighted by molar-refractivity contribution is -0.178. The van der Waals surface area contributed by atoms with Crippen LogP contribution < -0.4 is 15.4 Å². The van der Waals surface area contributed by atoms with Gasteiger partial charge < -0.3 is 35.3 Å². The molecule has 0 radical (unpaired) electrons. The molecule has 1 spiro atoms. The predicted molar refractivity (Wildman–Crippen MR) is 240 cm³/mol. The Hall–Kier alpha value is -6.78. The summed E-state index contributed by atoms with van der Waals surface area (Å²) in [4.78, 5) is 56.3. The number of aliphatic hydroxyl groups excluding tert-OH is 1. The molecular weight excluding hydrogens is 807 g/mol. The Kier molecular flexibility index (Phi) is 11.0. The van der Waals surface area contributed by atoms with E-state index in [0.29, 0.717) is 46.8 Å². The van der Waals surface area contributed by atoms with Crippen LogP contribution in [0.25, 0.3) is 11.0 Å². The molecule has 12 nitrogen and oxygen atoms in total. The topological polar surface area (TPSA) is 166 Å². The maximum atomic E-state index is 15.6. The van der Waals surface area contributed by atoms with Gasteiger partial charge in [-0.3, -0.25) is 19.3 Å². The van der Waals surface area contributed by atoms with Gasteiger partial charge in [0.2, 0.25) is 11.8 Å². The molecule has 324 valence electrons. The smallest absolute Gasteiger partial charge is 0.324 e. The van der Waals surface area contributed by atoms with Crippen LogP contribution in [-0.4, -0.2) is 67.7 Å². The molecule has 10 rings (SSSR count). The number of amides is 2. The molecule has 2 saturated heterocycles. The first kappa shape index (κ1) is 41.2. The summed E-state index contributed by atoms with van der Waals surface area (Å²) in [5, 5.41) is 27.4. The first-order valence-corrected chi connectivity index (χ1v) is 22.1. The molecule has 3 fully saturated rings. The Bertz CT molecular complexity index is 2720. The van der Waals surface area contributed by atoms with Crippen LogP contribution in [-0.2, 0) is 31.1 Å². The van der Waals surface area contributed by atoms with Crippen molar-refractivity contribution < 1.29 is 34.1 Å². The lowest BCUT2D eigenvalue weighted by Gasteiger charge is -2.46. The number of esters is 1. The summed E-state index contributed by atoms with van der Waals surface area (Å²) in [7, 11) is 0. The molecule has 4 heterocycles. The number of aromatic amines is 1. The number of anilines is 1. The average Bonchev–Trinajstić information content (AvgIpc) is 3.92. The number of ether oxygens (including phenoxy) is 2. The highest BCUT2D eigenvalue weighted by Crippen LogP contribution is 2.65. The maximum absolute atomic E-state index is 15.6. The molecule has 6 atom stereocenters.